The summed E-state index contributed by atoms with van der Waals surface area (Å²) in [5.74, 6) is 0. The zero-order valence-electron chi connectivity index (χ0n) is 14.9. The summed E-state index contributed by atoms with van der Waals surface area (Å²) in [6, 6.07) is 21.2. The number of anilines is 2. The minimum absolute atomic E-state index is 0.0350. The summed E-state index contributed by atoms with van der Waals surface area (Å²) in [4.78, 5) is 0. The van der Waals surface area contributed by atoms with Crippen LogP contribution in [0.15, 0.2) is 60.7 Å². The molecule has 0 radical (unpaired) electrons. The van der Waals surface area contributed by atoms with Crippen LogP contribution in [-0.2, 0) is 9.31 Å². The first kappa shape index (κ1) is 15.8. The predicted molar refractivity (Wildman–Crippen MR) is 110 cm³/mol. The third-order valence-corrected chi connectivity index (χ3v) is 5.38. The van der Waals surface area contributed by atoms with E-state index in [4.69, 9.17) is 9.31 Å². The van der Waals surface area contributed by atoms with Crippen LogP contribution in [-0.4, -0.2) is 26.3 Å². The van der Waals surface area contributed by atoms with Crippen molar-refractivity contribution in [1.82, 2.24) is 0 Å². The monoisotopic (exact) mass is 342 g/mol. The van der Waals surface area contributed by atoms with Gasteiger partial charge in [0.15, 0.2) is 0 Å². The SMILES string of the molecule is CC1OB(c2ccc(B3Nc4cccc5cccc(c45)N3)cc2)OC1C. The van der Waals surface area contributed by atoms with E-state index in [1.807, 2.05) is 13.8 Å². The average molecular weight is 342 g/mol. The smallest absolute Gasteiger partial charge is 0.405 e. The highest BCUT2D eigenvalue weighted by Crippen LogP contribution is 2.33. The van der Waals surface area contributed by atoms with E-state index in [0.717, 1.165) is 16.8 Å². The summed E-state index contributed by atoms with van der Waals surface area (Å²) in [6.07, 6.45) is 0.247. The maximum absolute atomic E-state index is 5.88. The molecule has 2 N–H and O–H groups in total. The van der Waals surface area contributed by atoms with Crippen molar-refractivity contribution in [2.24, 2.45) is 0 Å². The lowest BCUT2D eigenvalue weighted by Crippen LogP contribution is -2.48. The van der Waals surface area contributed by atoms with Crippen LogP contribution in [0.2, 0.25) is 0 Å². The van der Waals surface area contributed by atoms with E-state index in [2.05, 4.69) is 71.1 Å². The van der Waals surface area contributed by atoms with E-state index >= 15 is 0 Å². The molecule has 0 aliphatic carbocycles. The molecule has 1 saturated heterocycles. The lowest BCUT2D eigenvalue weighted by molar-refractivity contribution is 0.187. The molecule has 0 bridgehead atoms. The van der Waals surface area contributed by atoms with Gasteiger partial charge in [-0.3, -0.25) is 0 Å². The Bertz CT molecular complexity index is 913. The van der Waals surface area contributed by atoms with E-state index in [0.29, 0.717) is 0 Å². The molecule has 5 rings (SSSR count). The van der Waals surface area contributed by atoms with Crippen molar-refractivity contribution < 1.29 is 9.31 Å². The Labute approximate surface area is 154 Å². The molecule has 0 spiro atoms. The first-order valence-electron chi connectivity index (χ1n) is 9.14. The number of hydrogen-bond acceptors (Lipinski definition) is 4. The third kappa shape index (κ3) is 2.57. The summed E-state index contributed by atoms with van der Waals surface area (Å²) >= 11 is 0. The Hall–Kier alpha value is -2.43. The summed E-state index contributed by atoms with van der Waals surface area (Å²) < 4.78 is 11.8. The molecule has 0 saturated carbocycles. The summed E-state index contributed by atoms with van der Waals surface area (Å²) in [6.45, 7) is 4.13. The van der Waals surface area contributed by atoms with Gasteiger partial charge in [0.25, 0.3) is 0 Å². The molecule has 6 heteroatoms. The van der Waals surface area contributed by atoms with Crippen LogP contribution in [0, 0.1) is 0 Å². The fourth-order valence-electron chi connectivity index (χ4n) is 3.74. The van der Waals surface area contributed by atoms with Gasteiger partial charge >= 0.3 is 14.1 Å². The van der Waals surface area contributed by atoms with E-state index in [9.17, 15) is 0 Å². The number of hydrogen-bond donors (Lipinski definition) is 2. The van der Waals surface area contributed by atoms with Crippen molar-refractivity contribution in [3.63, 3.8) is 0 Å². The lowest BCUT2D eigenvalue weighted by atomic mass is 9.65. The summed E-state index contributed by atoms with van der Waals surface area (Å²) in [5, 5.41) is 9.71. The van der Waals surface area contributed by atoms with Crippen LogP contribution in [0.3, 0.4) is 0 Å². The van der Waals surface area contributed by atoms with Gasteiger partial charge < -0.3 is 19.8 Å². The predicted octanol–water partition coefficient (Wildman–Crippen LogP) is 2.59. The molecule has 2 aliphatic rings. The number of rotatable bonds is 2. The molecule has 2 heterocycles. The van der Waals surface area contributed by atoms with Crippen molar-refractivity contribution >= 4 is 47.2 Å². The first-order valence-corrected chi connectivity index (χ1v) is 9.14. The van der Waals surface area contributed by atoms with Crippen LogP contribution in [0.25, 0.3) is 10.8 Å². The molecule has 128 valence electrons. The van der Waals surface area contributed by atoms with Crippen LogP contribution in [0.4, 0.5) is 11.4 Å². The average Bonchev–Trinajstić information content (AvgIpc) is 3.01. The second-order valence-corrected chi connectivity index (χ2v) is 7.11. The Morgan fingerprint density at radius 3 is 1.85 bits per heavy atom. The molecule has 1 fully saturated rings. The Kier molecular flexibility index (Phi) is 3.69. The summed E-state index contributed by atoms with van der Waals surface area (Å²) in [7, 11) is -0.268. The first-order chi connectivity index (χ1) is 12.7. The molecule has 0 aromatic heterocycles. The maximum atomic E-state index is 5.88. The lowest BCUT2D eigenvalue weighted by Gasteiger charge is -2.27. The molecule has 3 aromatic carbocycles. The quantitative estimate of drug-likeness (QED) is 0.703. The van der Waals surface area contributed by atoms with Crippen molar-refractivity contribution in [1.29, 1.82) is 0 Å². The highest BCUT2D eigenvalue weighted by atomic mass is 16.7. The standard InChI is InChI=1S/C20H20B2N2O2/c1-13-14(2)26-22(25-13)17-11-9-16(10-12-17)21-23-18-7-3-5-15-6-4-8-19(24-21)20(15)18/h3-14,23-24H,1-2H3. The minimum Gasteiger partial charge on any atom is -0.405 e. The van der Waals surface area contributed by atoms with Crippen LogP contribution >= 0.6 is 0 Å². The second kappa shape index (κ2) is 6.08. The second-order valence-electron chi connectivity index (χ2n) is 7.11. The van der Waals surface area contributed by atoms with E-state index in [1.165, 1.54) is 16.2 Å². The molecule has 4 nitrogen and oxygen atoms in total. The van der Waals surface area contributed by atoms with Crippen LogP contribution in [0.1, 0.15) is 13.8 Å². The number of benzene rings is 3. The Balaban J connectivity index is 1.41. The Morgan fingerprint density at radius 2 is 1.27 bits per heavy atom. The van der Waals surface area contributed by atoms with Gasteiger partial charge in [-0.2, -0.15) is 0 Å². The van der Waals surface area contributed by atoms with Gasteiger partial charge in [-0.1, -0.05) is 48.5 Å². The van der Waals surface area contributed by atoms with Crippen molar-refractivity contribution in [2.75, 3.05) is 10.5 Å². The molecular weight excluding hydrogens is 322 g/mol. The Morgan fingerprint density at radius 1 is 0.731 bits per heavy atom. The van der Waals surface area contributed by atoms with Gasteiger partial charge in [0, 0.05) is 16.8 Å². The third-order valence-electron chi connectivity index (χ3n) is 5.38. The van der Waals surface area contributed by atoms with E-state index < -0.39 is 0 Å². The van der Waals surface area contributed by atoms with Gasteiger partial charge in [-0.05, 0) is 42.3 Å². The largest absolute Gasteiger partial charge is 0.494 e. The molecule has 2 aliphatic heterocycles. The highest BCUT2D eigenvalue weighted by Gasteiger charge is 2.36. The zero-order chi connectivity index (χ0) is 17.7. The van der Waals surface area contributed by atoms with E-state index in [-0.39, 0.29) is 26.3 Å². The molecule has 26 heavy (non-hydrogen) atoms. The van der Waals surface area contributed by atoms with Gasteiger partial charge in [-0.25, -0.2) is 0 Å². The van der Waals surface area contributed by atoms with Crippen LogP contribution in [0.5, 0.6) is 0 Å². The molecule has 3 aromatic rings. The van der Waals surface area contributed by atoms with Gasteiger partial charge in [0.05, 0.1) is 12.2 Å². The van der Waals surface area contributed by atoms with Crippen LogP contribution < -0.4 is 21.4 Å². The van der Waals surface area contributed by atoms with Crippen molar-refractivity contribution in [2.45, 2.75) is 26.1 Å². The zero-order valence-corrected chi connectivity index (χ0v) is 14.9. The normalized spacial score (nSPS) is 21.6. The molecular formula is C20H20B2N2O2. The topological polar surface area (TPSA) is 42.5 Å². The fraction of sp³-hybridized carbons (Fsp3) is 0.200. The number of nitrogens with one attached hydrogen (secondary N) is 2. The molecule has 2 unspecified atom stereocenters. The van der Waals surface area contributed by atoms with Gasteiger partial charge in [0.1, 0.15) is 0 Å². The molecule has 2 atom stereocenters. The summed E-state index contributed by atoms with van der Waals surface area (Å²) in [5.41, 5.74) is 4.56. The molecule has 0 amide bonds. The maximum Gasteiger partial charge on any atom is 0.494 e. The van der Waals surface area contributed by atoms with Crippen molar-refractivity contribution in [3.8, 4) is 0 Å². The van der Waals surface area contributed by atoms with E-state index in [1.54, 1.807) is 0 Å². The van der Waals surface area contributed by atoms with Gasteiger partial charge in [-0.15, -0.1) is 0 Å². The highest BCUT2D eigenvalue weighted by molar-refractivity contribution is 6.80. The minimum atomic E-state index is -0.268. The fourth-order valence-corrected chi connectivity index (χ4v) is 3.74. The van der Waals surface area contributed by atoms with Crippen molar-refractivity contribution in [3.05, 3.63) is 60.7 Å². The van der Waals surface area contributed by atoms with Gasteiger partial charge in [0.2, 0.25) is 0 Å².